The molecule has 9 nitrogen and oxygen atoms in total. The van der Waals surface area contributed by atoms with E-state index in [4.69, 9.17) is 4.74 Å². The van der Waals surface area contributed by atoms with E-state index in [2.05, 4.69) is 48.3 Å². The van der Waals surface area contributed by atoms with E-state index >= 15 is 0 Å². The predicted octanol–water partition coefficient (Wildman–Crippen LogP) is 4.04. The first-order valence-electron chi connectivity index (χ1n) is 10.1. The molecular weight excluding hydrogens is 537 g/mol. The molecule has 0 aliphatic rings. The highest BCUT2D eigenvalue weighted by Crippen LogP contribution is 2.43. The first kappa shape index (κ1) is 22.6. The number of carbonyl (C=O) groups is 1. The molecule has 0 spiro atoms. The van der Waals surface area contributed by atoms with Gasteiger partial charge in [-0.15, -0.1) is 0 Å². The lowest BCUT2D eigenvalue weighted by molar-refractivity contribution is 0.0464. The Hall–Kier alpha value is -3.54. The quantitative estimate of drug-likeness (QED) is 0.170. The summed E-state index contributed by atoms with van der Waals surface area (Å²) in [7, 11) is 1.80. The molecule has 0 fully saturated rings. The fraction of sp³-hybridized carbons (Fsp3) is 0.174. The van der Waals surface area contributed by atoms with Crippen molar-refractivity contribution >= 4 is 34.2 Å². The highest BCUT2D eigenvalue weighted by atomic mass is 127. The van der Waals surface area contributed by atoms with E-state index < -0.39 is 11.9 Å². The average Bonchev–Trinajstić information content (AvgIpc) is 3.36. The number of anilines is 1. The van der Waals surface area contributed by atoms with Crippen molar-refractivity contribution in [3.05, 3.63) is 85.7 Å². The van der Waals surface area contributed by atoms with Gasteiger partial charge in [-0.2, -0.15) is 10.2 Å². The molecule has 2 heterocycles. The molecule has 33 heavy (non-hydrogen) atoms. The number of carbonyl (C=O) groups excluding carboxylic acids is 1. The minimum absolute atomic E-state index is 0.0564. The maximum absolute atomic E-state index is 13.0. The zero-order valence-electron chi connectivity index (χ0n) is 17.9. The minimum atomic E-state index is -0.745. The van der Waals surface area contributed by atoms with Gasteiger partial charge < -0.3 is 20.3 Å². The third kappa shape index (κ3) is 4.51. The van der Waals surface area contributed by atoms with Crippen molar-refractivity contribution in [2.45, 2.75) is 19.4 Å². The standard InChI is InChI=1S/C23H22IN5O4/c1-12-17(21(30)28-26-12)18(14-8-9-15(24)16(10-14)25-2)19-20(27-29-22(19)31)23(32)33-11-13-6-4-3-5-7-13/h3-10,18,25H,11H2,1-2H3,(H2,26,28,30)(H2,27,29,31). The number of hydrogen-bond donors (Lipinski definition) is 5. The summed E-state index contributed by atoms with van der Waals surface area (Å²) in [6, 6.07) is 14.9. The fourth-order valence-electron chi connectivity index (χ4n) is 3.73. The number of H-pyrrole nitrogens is 2. The summed E-state index contributed by atoms with van der Waals surface area (Å²) in [6.45, 7) is 1.79. The maximum Gasteiger partial charge on any atom is 0.359 e. The van der Waals surface area contributed by atoms with Crippen LogP contribution in [0.2, 0.25) is 0 Å². The number of aryl methyl sites for hydroxylation is 1. The number of aromatic amines is 2. The average molecular weight is 559 g/mol. The van der Waals surface area contributed by atoms with E-state index in [0.717, 1.165) is 14.8 Å². The Kier molecular flexibility index (Phi) is 6.54. The van der Waals surface area contributed by atoms with E-state index in [1.807, 2.05) is 48.5 Å². The summed E-state index contributed by atoms with van der Waals surface area (Å²) in [5, 5.41) is 37.5. The van der Waals surface area contributed by atoms with Gasteiger partial charge in [0.05, 0.1) is 11.3 Å². The van der Waals surface area contributed by atoms with Gasteiger partial charge in [-0.1, -0.05) is 36.4 Å². The maximum atomic E-state index is 13.0. The molecule has 4 aromatic rings. The van der Waals surface area contributed by atoms with Crippen LogP contribution in [0.3, 0.4) is 0 Å². The Balaban J connectivity index is 1.80. The number of nitrogens with zero attached hydrogens (tertiary/aromatic N) is 2. The van der Waals surface area contributed by atoms with Crippen LogP contribution in [0.4, 0.5) is 5.69 Å². The molecule has 0 amide bonds. The highest BCUT2D eigenvalue weighted by Gasteiger charge is 2.34. The van der Waals surface area contributed by atoms with Gasteiger partial charge in [0.2, 0.25) is 11.8 Å². The molecule has 10 heteroatoms. The second kappa shape index (κ2) is 9.53. The van der Waals surface area contributed by atoms with Crippen molar-refractivity contribution in [1.82, 2.24) is 20.4 Å². The first-order valence-corrected chi connectivity index (χ1v) is 11.2. The van der Waals surface area contributed by atoms with Crippen LogP contribution in [-0.4, -0.2) is 43.6 Å². The fourth-order valence-corrected chi connectivity index (χ4v) is 4.33. The number of halogens is 1. The Morgan fingerprint density at radius 3 is 2.45 bits per heavy atom. The zero-order valence-corrected chi connectivity index (χ0v) is 20.0. The molecule has 1 unspecified atom stereocenters. The van der Waals surface area contributed by atoms with Crippen molar-refractivity contribution in [3.63, 3.8) is 0 Å². The van der Waals surface area contributed by atoms with Gasteiger partial charge in [-0.25, -0.2) is 15.0 Å². The van der Waals surface area contributed by atoms with Crippen LogP contribution in [0.25, 0.3) is 0 Å². The van der Waals surface area contributed by atoms with Crippen LogP contribution in [0.5, 0.6) is 11.8 Å². The van der Waals surface area contributed by atoms with E-state index in [1.165, 1.54) is 0 Å². The SMILES string of the molecule is CNc1cc(C(c2c(C)n[nH]c2O)c2c(C(=O)OCc3ccccc3)n[nH]c2O)ccc1I. The summed E-state index contributed by atoms with van der Waals surface area (Å²) >= 11 is 2.21. The van der Waals surface area contributed by atoms with Gasteiger partial charge in [-0.05, 0) is 52.8 Å². The minimum Gasteiger partial charge on any atom is -0.493 e. The normalized spacial score (nSPS) is 11.8. The van der Waals surface area contributed by atoms with Crippen molar-refractivity contribution in [1.29, 1.82) is 0 Å². The van der Waals surface area contributed by atoms with Gasteiger partial charge in [-0.3, -0.25) is 0 Å². The molecule has 0 radical (unpaired) electrons. The van der Waals surface area contributed by atoms with Crippen LogP contribution in [-0.2, 0) is 11.3 Å². The summed E-state index contributed by atoms with van der Waals surface area (Å²) in [5.74, 6) is -1.90. The number of aromatic nitrogens is 4. The van der Waals surface area contributed by atoms with E-state index in [0.29, 0.717) is 16.8 Å². The molecule has 2 aromatic carbocycles. The Bertz CT molecular complexity index is 1270. The monoisotopic (exact) mass is 559 g/mol. The summed E-state index contributed by atoms with van der Waals surface area (Å²) in [5.41, 5.74) is 3.46. The Labute approximate surface area is 203 Å². The van der Waals surface area contributed by atoms with Gasteiger partial charge >= 0.3 is 5.97 Å². The summed E-state index contributed by atoms with van der Waals surface area (Å²) < 4.78 is 6.45. The summed E-state index contributed by atoms with van der Waals surface area (Å²) in [6.07, 6.45) is 0. The van der Waals surface area contributed by atoms with E-state index in [-0.39, 0.29) is 29.6 Å². The Morgan fingerprint density at radius 2 is 1.79 bits per heavy atom. The van der Waals surface area contributed by atoms with Crippen LogP contribution in [0, 0.1) is 10.5 Å². The molecule has 170 valence electrons. The number of esters is 1. The number of nitrogens with one attached hydrogen (secondary N) is 3. The van der Waals surface area contributed by atoms with Crippen molar-refractivity contribution < 1.29 is 19.7 Å². The molecule has 4 rings (SSSR count). The number of rotatable bonds is 7. The second-order valence-electron chi connectivity index (χ2n) is 7.39. The van der Waals surface area contributed by atoms with Gasteiger partial charge in [0.15, 0.2) is 5.69 Å². The Morgan fingerprint density at radius 1 is 1.09 bits per heavy atom. The number of hydrogen-bond acceptors (Lipinski definition) is 7. The van der Waals surface area contributed by atoms with Gasteiger partial charge in [0.25, 0.3) is 0 Å². The smallest absolute Gasteiger partial charge is 0.359 e. The van der Waals surface area contributed by atoms with Crippen LogP contribution in [0.15, 0.2) is 48.5 Å². The number of benzene rings is 2. The second-order valence-corrected chi connectivity index (χ2v) is 8.55. The molecule has 2 aromatic heterocycles. The topological polar surface area (TPSA) is 136 Å². The van der Waals surface area contributed by atoms with Gasteiger partial charge in [0, 0.05) is 27.8 Å². The molecular formula is C23H22IN5O4. The van der Waals surface area contributed by atoms with Crippen molar-refractivity contribution in [2.75, 3.05) is 12.4 Å². The lowest BCUT2D eigenvalue weighted by Crippen LogP contribution is -2.13. The largest absolute Gasteiger partial charge is 0.493 e. The molecule has 0 aliphatic carbocycles. The number of ether oxygens (including phenoxy) is 1. The third-order valence-electron chi connectivity index (χ3n) is 5.33. The highest BCUT2D eigenvalue weighted by molar-refractivity contribution is 14.1. The predicted molar refractivity (Wildman–Crippen MR) is 130 cm³/mol. The molecule has 5 N–H and O–H groups in total. The lowest BCUT2D eigenvalue weighted by atomic mass is 9.84. The first-order chi connectivity index (χ1) is 15.9. The third-order valence-corrected chi connectivity index (χ3v) is 6.28. The van der Waals surface area contributed by atoms with E-state index in [1.54, 1.807) is 14.0 Å². The van der Waals surface area contributed by atoms with Crippen LogP contribution < -0.4 is 5.32 Å². The molecule has 0 saturated heterocycles. The molecule has 1 atom stereocenters. The van der Waals surface area contributed by atoms with E-state index in [9.17, 15) is 15.0 Å². The number of aromatic hydroxyl groups is 2. The van der Waals surface area contributed by atoms with Crippen molar-refractivity contribution in [2.24, 2.45) is 0 Å². The zero-order chi connectivity index (χ0) is 23.5. The lowest BCUT2D eigenvalue weighted by Gasteiger charge is -2.19. The molecule has 0 aliphatic heterocycles. The van der Waals surface area contributed by atoms with Crippen LogP contribution in [0.1, 0.15) is 44.4 Å². The molecule has 0 saturated carbocycles. The van der Waals surface area contributed by atoms with Crippen molar-refractivity contribution in [3.8, 4) is 11.8 Å². The summed E-state index contributed by atoms with van der Waals surface area (Å²) in [4.78, 5) is 13.0. The van der Waals surface area contributed by atoms with Gasteiger partial charge in [0.1, 0.15) is 6.61 Å². The molecule has 0 bridgehead atoms. The van der Waals surface area contributed by atoms with Crippen LogP contribution >= 0.6 is 22.6 Å².